The van der Waals surface area contributed by atoms with Crippen LogP contribution in [0.1, 0.15) is 40.0 Å². The van der Waals surface area contributed by atoms with Crippen molar-refractivity contribution in [3.63, 3.8) is 0 Å². The molecule has 122 valence electrons. The number of rotatable bonds is 7. The Morgan fingerprint density at radius 1 is 0.833 bits per heavy atom. The summed E-state index contributed by atoms with van der Waals surface area (Å²) in [5.74, 6) is -0.453. The zero-order chi connectivity index (χ0) is 16.9. The summed E-state index contributed by atoms with van der Waals surface area (Å²) in [5, 5.41) is 0. The van der Waals surface area contributed by atoms with Crippen molar-refractivity contribution in [2.24, 2.45) is 0 Å². The average Bonchev–Trinajstić information content (AvgIpc) is 2.84. The molecule has 1 heterocycles. The van der Waals surface area contributed by atoms with Gasteiger partial charge >= 0.3 is 147 Å². The van der Waals surface area contributed by atoms with Gasteiger partial charge in [0.05, 0.1) is 0 Å². The summed E-state index contributed by atoms with van der Waals surface area (Å²) in [6.45, 7) is 0.373. The van der Waals surface area contributed by atoms with Crippen LogP contribution >= 0.6 is 0 Å². The average molecular weight is 386 g/mol. The van der Waals surface area contributed by atoms with Crippen molar-refractivity contribution in [2.75, 3.05) is 6.54 Å². The Labute approximate surface area is 147 Å². The second-order valence-electron chi connectivity index (χ2n) is 5.55. The molecule has 0 unspecified atom stereocenters. The number of benzene rings is 2. The van der Waals surface area contributed by atoms with Gasteiger partial charge in [0.15, 0.2) is 0 Å². The molecular weight excluding hydrogens is 369 g/mol. The maximum absolute atomic E-state index is 12.2. The number of hydrogen-bond acceptors (Lipinski definition) is 3. The van der Waals surface area contributed by atoms with Crippen molar-refractivity contribution in [2.45, 2.75) is 19.3 Å². The molecule has 2 aromatic rings. The molecule has 2 amide bonds. The fraction of sp³-hybridized carbons (Fsp3) is 0.211. The molecule has 0 saturated heterocycles. The molecule has 4 nitrogen and oxygen atoms in total. The SMILES string of the molecule is O=C(CCCCN1C(=O)c2ccccc2C1=O)[Se]c1ccccc1. The van der Waals surface area contributed by atoms with Crippen LogP contribution in [-0.4, -0.2) is 42.9 Å². The monoisotopic (exact) mass is 387 g/mol. The maximum atomic E-state index is 12.2. The number of fused-ring (bicyclic) bond motifs is 1. The molecule has 2 aromatic carbocycles. The van der Waals surface area contributed by atoms with E-state index in [0.717, 1.165) is 4.46 Å². The van der Waals surface area contributed by atoms with Crippen LogP contribution < -0.4 is 4.46 Å². The van der Waals surface area contributed by atoms with Crippen LogP contribution in [0.3, 0.4) is 0 Å². The molecule has 0 atom stereocenters. The molecule has 0 radical (unpaired) electrons. The Hall–Kier alpha value is -2.23. The number of carbonyl (C=O) groups excluding carboxylic acids is 3. The second-order valence-corrected chi connectivity index (χ2v) is 7.92. The Morgan fingerprint density at radius 2 is 1.42 bits per heavy atom. The van der Waals surface area contributed by atoms with Gasteiger partial charge in [-0.05, 0) is 0 Å². The van der Waals surface area contributed by atoms with Crippen molar-refractivity contribution >= 4 is 35.9 Å². The zero-order valence-corrected chi connectivity index (χ0v) is 14.8. The summed E-state index contributed by atoms with van der Waals surface area (Å²) < 4.78 is 1.33. The Bertz CT molecular complexity index is 738. The van der Waals surface area contributed by atoms with Crippen LogP contribution in [0, 0.1) is 0 Å². The topological polar surface area (TPSA) is 54.5 Å². The van der Waals surface area contributed by atoms with Gasteiger partial charge in [0, 0.05) is 0 Å². The Morgan fingerprint density at radius 3 is 2.04 bits per heavy atom. The molecule has 24 heavy (non-hydrogen) atoms. The van der Waals surface area contributed by atoms with E-state index in [4.69, 9.17) is 0 Å². The third-order valence-corrected chi connectivity index (χ3v) is 5.84. The molecule has 0 saturated carbocycles. The molecule has 1 aliphatic heterocycles. The molecule has 0 aromatic heterocycles. The van der Waals surface area contributed by atoms with Gasteiger partial charge < -0.3 is 0 Å². The fourth-order valence-corrected chi connectivity index (χ4v) is 4.34. The molecular formula is C19H17NO3Se. The summed E-state index contributed by atoms with van der Waals surface area (Å²) in [5.41, 5.74) is 0.956. The predicted molar refractivity (Wildman–Crippen MR) is 92.5 cm³/mol. The minimum atomic E-state index is -0.226. The molecule has 0 N–H and O–H groups in total. The number of unbranched alkanes of at least 4 members (excludes halogenated alkanes) is 1. The summed E-state index contributed by atoms with van der Waals surface area (Å²) in [7, 11) is 0. The van der Waals surface area contributed by atoms with Crippen LogP contribution in [-0.2, 0) is 4.79 Å². The molecule has 5 heteroatoms. The molecule has 0 bridgehead atoms. The van der Waals surface area contributed by atoms with E-state index >= 15 is 0 Å². The first kappa shape index (κ1) is 16.6. The summed E-state index contributed by atoms with van der Waals surface area (Å²) in [6, 6.07) is 16.6. The summed E-state index contributed by atoms with van der Waals surface area (Å²) in [6.07, 6.45) is 1.85. The van der Waals surface area contributed by atoms with Gasteiger partial charge in [0.1, 0.15) is 0 Å². The Balaban J connectivity index is 1.45. The summed E-state index contributed by atoms with van der Waals surface area (Å²) in [4.78, 5) is 37.7. The fourth-order valence-electron chi connectivity index (χ4n) is 2.65. The zero-order valence-electron chi connectivity index (χ0n) is 13.1. The molecule has 0 spiro atoms. The van der Waals surface area contributed by atoms with E-state index in [1.807, 2.05) is 30.3 Å². The third-order valence-electron chi connectivity index (χ3n) is 3.87. The van der Waals surface area contributed by atoms with E-state index in [-0.39, 0.29) is 31.5 Å². The van der Waals surface area contributed by atoms with Crippen molar-refractivity contribution in [3.05, 3.63) is 65.7 Å². The van der Waals surface area contributed by atoms with E-state index in [1.165, 1.54) is 4.90 Å². The predicted octanol–water partition coefficient (Wildman–Crippen LogP) is 2.01. The quantitative estimate of drug-likeness (QED) is 0.416. The van der Waals surface area contributed by atoms with Gasteiger partial charge in [-0.2, -0.15) is 0 Å². The molecule has 3 rings (SSSR count). The normalized spacial score (nSPS) is 13.2. The van der Waals surface area contributed by atoms with Crippen LogP contribution in [0.4, 0.5) is 0 Å². The first-order valence-electron chi connectivity index (χ1n) is 7.88. The number of carbonyl (C=O) groups is 3. The van der Waals surface area contributed by atoms with Gasteiger partial charge in [-0.15, -0.1) is 0 Å². The number of amides is 2. The molecule has 1 aliphatic rings. The minimum absolute atomic E-state index is 0.156. The van der Waals surface area contributed by atoms with Crippen LogP contribution in [0.25, 0.3) is 0 Å². The van der Waals surface area contributed by atoms with Gasteiger partial charge in [-0.25, -0.2) is 0 Å². The number of imide groups is 1. The van der Waals surface area contributed by atoms with E-state index < -0.39 is 0 Å². The summed E-state index contributed by atoms with van der Waals surface area (Å²) >= 11 is -0.156. The number of nitrogens with zero attached hydrogens (tertiary/aromatic N) is 1. The van der Waals surface area contributed by atoms with Crippen LogP contribution in [0.15, 0.2) is 54.6 Å². The van der Waals surface area contributed by atoms with E-state index in [2.05, 4.69) is 0 Å². The molecule has 0 fully saturated rings. The van der Waals surface area contributed by atoms with Crippen molar-refractivity contribution in [3.8, 4) is 0 Å². The van der Waals surface area contributed by atoms with Crippen LogP contribution in [0.2, 0.25) is 0 Å². The van der Waals surface area contributed by atoms with Gasteiger partial charge in [-0.1, -0.05) is 0 Å². The van der Waals surface area contributed by atoms with Gasteiger partial charge in [0.25, 0.3) is 0 Å². The first-order valence-corrected chi connectivity index (χ1v) is 9.59. The standard InChI is InChI=1S/C19H17NO3Se/c21-17(24-14-8-2-1-3-9-14)12-6-7-13-20-18(22)15-10-4-5-11-16(15)19(20)23/h1-5,8-11H,6-7,12-13H2. The van der Waals surface area contributed by atoms with Crippen molar-refractivity contribution in [1.29, 1.82) is 0 Å². The van der Waals surface area contributed by atoms with Crippen molar-refractivity contribution < 1.29 is 14.4 Å². The van der Waals surface area contributed by atoms with E-state index in [0.29, 0.717) is 36.9 Å². The second kappa shape index (κ2) is 7.56. The van der Waals surface area contributed by atoms with Crippen molar-refractivity contribution in [1.82, 2.24) is 4.90 Å². The van der Waals surface area contributed by atoms with Crippen LogP contribution in [0.5, 0.6) is 0 Å². The molecule has 0 aliphatic carbocycles. The Kier molecular flexibility index (Phi) is 5.24. The van der Waals surface area contributed by atoms with Gasteiger partial charge in [-0.3, -0.25) is 0 Å². The number of hydrogen-bond donors (Lipinski definition) is 0. The van der Waals surface area contributed by atoms with Gasteiger partial charge in [0.2, 0.25) is 0 Å². The van der Waals surface area contributed by atoms with E-state index in [1.54, 1.807) is 24.3 Å². The van der Waals surface area contributed by atoms with E-state index in [9.17, 15) is 14.4 Å². The first-order chi connectivity index (χ1) is 11.7. The third kappa shape index (κ3) is 3.64.